The minimum atomic E-state index is -0.355. The number of aromatic hydroxyl groups is 1. The lowest BCUT2D eigenvalue weighted by Gasteiger charge is -2.50. The molecule has 3 aliphatic carbocycles. The summed E-state index contributed by atoms with van der Waals surface area (Å²) in [6, 6.07) is 5.88. The fourth-order valence-electron chi connectivity index (χ4n) is 5.51. The first-order chi connectivity index (χ1) is 10.0. The Morgan fingerprint density at radius 3 is 2.90 bits per heavy atom. The maximum atomic E-state index is 10.5. The van der Waals surface area contributed by atoms with E-state index in [1.54, 1.807) is 0 Å². The van der Waals surface area contributed by atoms with Crippen LogP contribution in [0.15, 0.2) is 18.2 Å². The summed E-state index contributed by atoms with van der Waals surface area (Å²) in [5.41, 5.74) is 2.75. The quantitative estimate of drug-likeness (QED) is 0.715. The van der Waals surface area contributed by atoms with Crippen molar-refractivity contribution in [2.24, 2.45) is 17.3 Å². The smallest absolute Gasteiger partial charge is 0.115 e. The largest absolute Gasteiger partial charge is 0.508 e. The van der Waals surface area contributed by atoms with Gasteiger partial charge in [-0.2, -0.15) is 0 Å². The molecule has 1 aromatic rings. The standard InChI is InChI=1S/C18H23ClO2/c1-18-7-6-13-12-5-3-11(20)8-10(12)2-4-14(13)15(18)9-16(19)17(18)21/h3,5,8,13-17,20-21H,2,4,6-7,9H2,1H3/t13-,14-,15+,16-,17+,18+/m1/s1. The minimum absolute atomic E-state index is 0.00199. The van der Waals surface area contributed by atoms with Crippen molar-refractivity contribution in [3.63, 3.8) is 0 Å². The number of benzene rings is 1. The molecule has 0 amide bonds. The summed E-state index contributed by atoms with van der Waals surface area (Å²) < 4.78 is 0. The van der Waals surface area contributed by atoms with Crippen LogP contribution in [0.1, 0.15) is 49.7 Å². The van der Waals surface area contributed by atoms with Gasteiger partial charge in [0.25, 0.3) is 0 Å². The number of rotatable bonds is 0. The van der Waals surface area contributed by atoms with Crippen molar-refractivity contribution >= 4 is 11.6 Å². The van der Waals surface area contributed by atoms with Crippen LogP contribution in [0.25, 0.3) is 0 Å². The van der Waals surface area contributed by atoms with Crippen molar-refractivity contribution in [2.45, 2.75) is 56.4 Å². The first-order valence-corrected chi connectivity index (χ1v) is 8.58. The van der Waals surface area contributed by atoms with E-state index in [0.29, 0.717) is 23.5 Å². The average Bonchev–Trinajstić information content (AvgIpc) is 2.70. The molecule has 0 aromatic heterocycles. The fraction of sp³-hybridized carbons (Fsp3) is 0.667. The maximum Gasteiger partial charge on any atom is 0.115 e. The molecule has 21 heavy (non-hydrogen) atoms. The molecule has 114 valence electrons. The lowest BCUT2D eigenvalue weighted by Crippen LogP contribution is -2.44. The lowest BCUT2D eigenvalue weighted by molar-refractivity contribution is -0.0219. The zero-order chi connectivity index (χ0) is 14.8. The summed E-state index contributed by atoms with van der Waals surface area (Å²) in [4.78, 5) is 0. The average molecular weight is 307 g/mol. The van der Waals surface area contributed by atoms with Crippen LogP contribution in [-0.4, -0.2) is 21.7 Å². The van der Waals surface area contributed by atoms with Gasteiger partial charge in [-0.3, -0.25) is 0 Å². The molecule has 2 N–H and O–H groups in total. The predicted molar refractivity (Wildman–Crippen MR) is 83.8 cm³/mol. The van der Waals surface area contributed by atoms with Crippen LogP contribution in [0.5, 0.6) is 5.75 Å². The van der Waals surface area contributed by atoms with E-state index in [4.69, 9.17) is 11.6 Å². The third-order valence-electron chi connectivity index (χ3n) is 6.65. The number of hydrogen-bond donors (Lipinski definition) is 2. The minimum Gasteiger partial charge on any atom is -0.508 e. The second-order valence-corrected chi connectivity index (χ2v) is 8.10. The molecule has 0 bridgehead atoms. The van der Waals surface area contributed by atoms with Gasteiger partial charge in [0.15, 0.2) is 0 Å². The van der Waals surface area contributed by atoms with Gasteiger partial charge in [-0.05, 0) is 78.5 Å². The number of aliphatic hydroxyl groups is 1. The van der Waals surface area contributed by atoms with E-state index in [-0.39, 0.29) is 16.9 Å². The van der Waals surface area contributed by atoms with Gasteiger partial charge in [0.1, 0.15) is 5.75 Å². The molecule has 2 saturated carbocycles. The highest BCUT2D eigenvalue weighted by molar-refractivity contribution is 6.21. The highest BCUT2D eigenvalue weighted by Gasteiger charge is 2.57. The first kappa shape index (κ1) is 13.9. The van der Waals surface area contributed by atoms with Crippen molar-refractivity contribution in [1.82, 2.24) is 0 Å². The highest BCUT2D eigenvalue weighted by atomic mass is 35.5. The molecule has 4 rings (SSSR count). The topological polar surface area (TPSA) is 40.5 Å². The molecule has 0 heterocycles. The van der Waals surface area contributed by atoms with Crippen molar-refractivity contribution in [3.8, 4) is 5.75 Å². The van der Waals surface area contributed by atoms with E-state index in [0.717, 1.165) is 32.1 Å². The number of phenolic OH excluding ortho intramolecular Hbond substituents is 1. The number of halogens is 1. The van der Waals surface area contributed by atoms with E-state index in [2.05, 4.69) is 13.0 Å². The Hall–Kier alpha value is -0.730. The molecule has 0 spiro atoms. The SMILES string of the molecule is C[C@]12CC[C@@H]3c4ccc(O)cc4CC[C@H]3[C@@H]1C[C@@H](Cl)[C@@H]2O. The second-order valence-electron chi connectivity index (χ2n) is 7.54. The number of aryl methyl sites for hydroxylation is 1. The van der Waals surface area contributed by atoms with E-state index < -0.39 is 0 Å². The number of fused-ring (bicyclic) bond motifs is 5. The third kappa shape index (κ3) is 1.88. The van der Waals surface area contributed by atoms with E-state index in [9.17, 15) is 10.2 Å². The Kier molecular flexibility index (Phi) is 3.07. The number of alkyl halides is 1. The van der Waals surface area contributed by atoms with Gasteiger partial charge in [-0.1, -0.05) is 13.0 Å². The highest BCUT2D eigenvalue weighted by Crippen LogP contribution is 2.61. The number of phenols is 1. The van der Waals surface area contributed by atoms with Crippen LogP contribution in [0.4, 0.5) is 0 Å². The van der Waals surface area contributed by atoms with E-state index >= 15 is 0 Å². The zero-order valence-corrected chi connectivity index (χ0v) is 13.2. The van der Waals surface area contributed by atoms with E-state index in [1.165, 1.54) is 11.1 Å². The van der Waals surface area contributed by atoms with Crippen molar-refractivity contribution in [2.75, 3.05) is 0 Å². The Balaban J connectivity index is 1.71. The van der Waals surface area contributed by atoms with Gasteiger partial charge in [-0.15, -0.1) is 11.6 Å². The van der Waals surface area contributed by atoms with Crippen LogP contribution < -0.4 is 0 Å². The lowest BCUT2D eigenvalue weighted by atomic mass is 9.55. The molecule has 3 heteroatoms. The Labute approximate surface area is 131 Å². The molecule has 1 aromatic carbocycles. The Morgan fingerprint density at radius 1 is 1.29 bits per heavy atom. The monoisotopic (exact) mass is 306 g/mol. The van der Waals surface area contributed by atoms with Crippen LogP contribution in [0.3, 0.4) is 0 Å². The second kappa shape index (κ2) is 4.63. The van der Waals surface area contributed by atoms with Gasteiger partial charge >= 0.3 is 0 Å². The summed E-state index contributed by atoms with van der Waals surface area (Å²) >= 11 is 6.40. The molecule has 3 aliphatic rings. The molecule has 0 aliphatic heterocycles. The number of hydrogen-bond acceptors (Lipinski definition) is 2. The normalized spacial score (nSPS) is 44.8. The van der Waals surface area contributed by atoms with Crippen LogP contribution in [0, 0.1) is 17.3 Å². The van der Waals surface area contributed by atoms with Crippen LogP contribution in [-0.2, 0) is 6.42 Å². The third-order valence-corrected chi connectivity index (χ3v) is 7.06. The molecule has 2 nitrogen and oxygen atoms in total. The van der Waals surface area contributed by atoms with E-state index in [1.807, 2.05) is 12.1 Å². The fourth-order valence-corrected chi connectivity index (χ4v) is 5.99. The van der Waals surface area contributed by atoms with Crippen LogP contribution >= 0.6 is 11.6 Å². The van der Waals surface area contributed by atoms with Gasteiger partial charge in [0, 0.05) is 0 Å². The van der Waals surface area contributed by atoms with Gasteiger partial charge in [-0.25, -0.2) is 0 Å². The van der Waals surface area contributed by atoms with Crippen molar-refractivity contribution < 1.29 is 10.2 Å². The molecule has 0 unspecified atom stereocenters. The molecular weight excluding hydrogens is 284 g/mol. The number of aliphatic hydroxyl groups excluding tert-OH is 1. The summed E-state index contributed by atoms with van der Waals surface area (Å²) in [5, 5.41) is 20.1. The summed E-state index contributed by atoms with van der Waals surface area (Å²) in [6.07, 6.45) is 5.00. The van der Waals surface area contributed by atoms with Gasteiger partial charge < -0.3 is 10.2 Å². The Morgan fingerprint density at radius 2 is 2.10 bits per heavy atom. The summed E-state index contributed by atoms with van der Waals surface area (Å²) in [7, 11) is 0. The molecule has 6 atom stereocenters. The van der Waals surface area contributed by atoms with Gasteiger partial charge in [0.2, 0.25) is 0 Å². The molecule has 2 fully saturated rings. The predicted octanol–water partition coefficient (Wildman–Crippen LogP) is 3.83. The van der Waals surface area contributed by atoms with Gasteiger partial charge in [0.05, 0.1) is 11.5 Å². The van der Waals surface area contributed by atoms with Crippen molar-refractivity contribution in [3.05, 3.63) is 29.3 Å². The molecular formula is C18H23ClO2. The van der Waals surface area contributed by atoms with Crippen LogP contribution in [0.2, 0.25) is 0 Å². The zero-order valence-electron chi connectivity index (χ0n) is 12.4. The maximum absolute atomic E-state index is 10.5. The van der Waals surface area contributed by atoms with Crippen molar-refractivity contribution in [1.29, 1.82) is 0 Å². The molecule has 0 saturated heterocycles. The molecule has 0 radical (unpaired) electrons. The first-order valence-electron chi connectivity index (χ1n) is 8.14. The summed E-state index contributed by atoms with van der Waals surface area (Å²) in [5.74, 6) is 2.14. The summed E-state index contributed by atoms with van der Waals surface area (Å²) in [6.45, 7) is 2.24. The Bertz CT molecular complexity index is 572.